The van der Waals surface area contributed by atoms with Gasteiger partial charge in [0.15, 0.2) is 0 Å². The van der Waals surface area contributed by atoms with Crippen molar-refractivity contribution in [2.75, 3.05) is 7.05 Å². The third-order valence-electron chi connectivity index (χ3n) is 3.63. The van der Waals surface area contributed by atoms with Crippen molar-refractivity contribution in [3.63, 3.8) is 0 Å². The van der Waals surface area contributed by atoms with Crippen LogP contribution in [0.3, 0.4) is 0 Å². The van der Waals surface area contributed by atoms with Crippen LogP contribution in [0.15, 0.2) is 0 Å². The summed E-state index contributed by atoms with van der Waals surface area (Å²) in [5, 5.41) is 0. The van der Waals surface area contributed by atoms with Crippen molar-refractivity contribution in [1.82, 2.24) is 4.90 Å². The van der Waals surface area contributed by atoms with Gasteiger partial charge in [-0.15, -0.1) is 0 Å². The highest BCUT2D eigenvalue weighted by Crippen LogP contribution is 2.26. The lowest BCUT2D eigenvalue weighted by molar-refractivity contribution is 0.174. The van der Waals surface area contributed by atoms with Crippen molar-refractivity contribution < 1.29 is 0 Å². The summed E-state index contributed by atoms with van der Waals surface area (Å²) < 4.78 is 0. The molecule has 1 heteroatoms. The summed E-state index contributed by atoms with van der Waals surface area (Å²) in [4.78, 5) is 2.60. The molecule has 1 aliphatic heterocycles. The predicted molar refractivity (Wildman–Crippen MR) is 58.9 cm³/mol. The first-order chi connectivity index (χ1) is 6.15. The zero-order chi connectivity index (χ0) is 9.84. The molecule has 78 valence electrons. The highest BCUT2D eigenvalue weighted by molar-refractivity contribution is 4.79. The Morgan fingerprint density at radius 2 is 1.92 bits per heavy atom. The van der Waals surface area contributed by atoms with E-state index in [4.69, 9.17) is 0 Å². The van der Waals surface area contributed by atoms with E-state index < -0.39 is 0 Å². The van der Waals surface area contributed by atoms with Crippen molar-refractivity contribution >= 4 is 0 Å². The molecule has 0 saturated carbocycles. The molecule has 1 fully saturated rings. The first-order valence-corrected chi connectivity index (χ1v) is 5.87. The second kappa shape index (κ2) is 4.99. The Morgan fingerprint density at radius 3 is 2.54 bits per heavy atom. The molecule has 0 bridgehead atoms. The average Bonchev–Trinajstić information content (AvgIpc) is 2.19. The molecule has 0 aliphatic carbocycles. The Kier molecular flexibility index (Phi) is 4.24. The van der Waals surface area contributed by atoms with Crippen molar-refractivity contribution in [2.24, 2.45) is 5.92 Å². The molecule has 1 nitrogen and oxygen atoms in total. The van der Waals surface area contributed by atoms with E-state index in [1.807, 2.05) is 0 Å². The van der Waals surface area contributed by atoms with Crippen molar-refractivity contribution in [1.29, 1.82) is 0 Å². The van der Waals surface area contributed by atoms with E-state index in [9.17, 15) is 0 Å². The van der Waals surface area contributed by atoms with E-state index in [2.05, 4.69) is 32.7 Å². The van der Waals surface area contributed by atoms with Gasteiger partial charge >= 0.3 is 0 Å². The van der Waals surface area contributed by atoms with Crippen LogP contribution in [0.25, 0.3) is 0 Å². The van der Waals surface area contributed by atoms with E-state index in [-0.39, 0.29) is 0 Å². The largest absolute Gasteiger partial charge is 0.301 e. The topological polar surface area (TPSA) is 3.24 Å². The van der Waals surface area contributed by atoms with E-state index >= 15 is 0 Å². The van der Waals surface area contributed by atoms with Crippen LogP contribution >= 0.6 is 0 Å². The van der Waals surface area contributed by atoms with Gasteiger partial charge in [0.25, 0.3) is 0 Å². The number of nitrogens with zero attached hydrogens (tertiary/aromatic N) is 1. The van der Waals surface area contributed by atoms with Crippen LogP contribution in [0.4, 0.5) is 0 Å². The molecule has 1 aliphatic rings. The lowest BCUT2D eigenvalue weighted by Gasteiger charge is -2.30. The first-order valence-electron chi connectivity index (χ1n) is 5.87. The summed E-state index contributed by atoms with van der Waals surface area (Å²) >= 11 is 0. The monoisotopic (exact) mass is 183 g/mol. The van der Waals surface area contributed by atoms with Crippen molar-refractivity contribution in [3.05, 3.63) is 0 Å². The molecule has 0 amide bonds. The standard InChI is InChI=1S/C12H25N/c1-5-6-12-8-7-10(2)9-11(3)13(12)4/h10-12H,5-9H2,1-4H3/t10?,11-,12?/m0/s1. The van der Waals surface area contributed by atoms with Crippen LogP contribution in [0.5, 0.6) is 0 Å². The maximum Gasteiger partial charge on any atom is 0.00950 e. The minimum atomic E-state index is 0.786. The highest BCUT2D eigenvalue weighted by atomic mass is 15.2. The summed E-state index contributed by atoms with van der Waals surface area (Å²) in [7, 11) is 2.31. The van der Waals surface area contributed by atoms with Gasteiger partial charge < -0.3 is 4.90 Å². The maximum atomic E-state index is 2.60. The molecule has 3 atom stereocenters. The Bertz CT molecular complexity index is 144. The van der Waals surface area contributed by atoms with Crippen LogP contribution in [0.1, 0.15) is 52.9 Å². The highest BCUT2D eigenvalue weighted by Gasteiger charge is 2.24. The lowest BCUT2D eigenvalue weighted by Crippen LogP contribution is -2.37. The molecule has 0 aromatic rings. The molecule has 0 radical (unpaired) electrons. The minimum absolute atomic E-state index is 0.786. The molecule has 0 spiro atoms. The SMILES string of the molecule is CCCC1CCC(C)C[C@H](C)N1C. The van der Waals surface area contributed by atoms with E-state index in [1.54, 1.807) is 0 Å². The van der Waals surface area contributed by atoms with Crippen LogP contribution < -0.4 is 0 Å². The normalized spacial score (nSPS) is 37.4. The van der Waals surface area contributed by atoms with Gasteiger partial charge in [0.05, 0.1) is 0 Å². The molecule has 13 heavy (non-hydrogen) atoms. The fourth-order valence-electron chi connectivity index (χ4n) is 2.59. The Morgan fingerprint density at radius 1 is 1.23 bits per heavy atom. The molecule has 0 aromatic heterocycles. The van der Waals surface area contributed by atoms with Crippen LogP contribution in [0.2, 0.25) is 0 Å². The van der Waals surface area contributed by atoms with Gasteiger partial charge in [-0.2, -0.15) is 0 Å². The van der Waals surface area contributed by atoms with Gasteiger partial charge in [-0.25, -0.2) is 0 Å². The van der Waals surface area contributed by atoms with Crippen molar-refractivity contribution in [3.8, 4) is 0 Å². The van der Waals surface area contributed by atoms with Gasteiger partial charge in [-0.1, -0.05) is 20.3 Å². The van der Waals surface area contributed by atoms with Gasteiger partial charge in [0.1, 0.15) is 0 Å². The summed E-state index contributed by atoms with van der Waals surface area (Å²) in [6.07, 6.45) is 6.94. The zero-order valence-corrected chi connectivity index (χ0v) is 9.71. The molecular weight excluding hydrogens is 158 g/mol. The second-order valence-electron chi connectivity index (χ2n) is 4.88. The van der Waals surface area contributed by atoms with Crippen LogP contribution in [-0.2, 0) is 0 Å². The van der Waals surface area contributed by atoms with Gasteiger partial charge in [-0.3, -0.25) is 0 Å². The third kappa shape index (κ3) is 2.98. The quantitative estimate of drug-likeness (QED) is 0.635. The van der Waals surface area contributed by atoms with E-state index in [0.29, 0.717) is 0 Å². The smallest absolute Gasteiger partial charge is 0.00950 e. The minimum Gasteiger partial charge on any atom is -0.301 e. The summed E-state index contributed by atoms with van der Waals surface area (Å²) in [6.45, 7) is 7.08. The Balaban J connectivity index is 2.53. The number of likely N-dealkylation sites (tertiary alicyclic amines) is 1. The van der Waals surface area contributed by atoms with Crippen LogP contribution in [-0.4, -0.2) is 24.0 Å². The predicted octanol–water partition coefficient (Wildman–Crippen LogP) is 3.30. The Hall–Kier alpha value is -0.0400. The second-order valence-corrected chi connectivity index (χ2v) is 4.88. The number of rotatable bonds is 2. The zero-order valence-electron chi connectivity index (χ0n) is 9.71. The first kappa shape index (κ1) is 11.0. The number of hydrogen-bond acceptors (Lipinski definition) is 1. The molecule has 1 rings (SSSR count). The molecular formula is C12H25N. The Labute approximate surface area is 83.5 Å². The number of hydrogen-bond donors (Lipinski definition) is 0. The lowest BCUT2D eigenvalue weighted by atomic mass is 9.98. The van der Waals surface area contributed by atoms with Crippen LogP contribution in [0, 0.1) is 5.92 Å². The van der Waals surface area contributed by atoms with Crippen molar-refractivity contribution in [2.45, 2.75) is 65.0 Å². The van der Waals surface area contributed by atoms with E-state index in [1.165, 1.54) is 32.1 Å². The molecule has 1 heterocycles. The van der Waals surface area contributed by atoms with Gasteiger partial charge in [-0.05, 0) is 45.6 Å². The van der Waals surface area contributed by atoms with Gasteiger partial charge in [0.2, 0.25) is 0 Å². The third-order valence-corrected chi connectivity index (χ3v) is 3.63. The van der Waals surface area contributed by atoms with E-state index in [0.717, 1.165) is 18.0 Å². The molecule has 0 N–H and O–H groups in total. The molecule has 2 unspecified atom stereocenters. The molecule has 1 saturated heterocycles. The summed E-state index contributed by atoms with van der Waals surface area (Å²) in [6, 6.07) is 1.64. The fourth-order valence-corrected chi connectivity index (χ4v) is 2.59. The summed E-state index contributed by atoms with van der Waals surface area (Å²) in [5.74, 6) is 0.930. The average molecular weight is 183 g/mol. The fraction of sp³-hybridized carbons (Fsp3) is 1.00. The summed E-state index contributed by atoms with van der Waals surface area (Å²) in [5.41, 5.74) is 0. The molecule has 0 aromatic carbocycles. The van der Waals surface area contributed by atoms with Gasteiger partial charge in [0, 0.05) is 12.1 Å². The maximum absolute atomic E-state index is 2.60.